The molecular weight excluding hydrogens is 390 g/mol. The van der Waals surface area contributed by atoms with Crippen molar-refractivity contribution in [2.24, 2.45) is 10.2 Å². The van der Waals surface area contributed by atoms with Gasteiger partial charge in [-0.05, 0) is 37.5 Å². The molecule has 2 aliphatic rings. The summed E-state index contributed by atoms with van der Waals surface area (Å²) in [5, 5.41) is 21.2. The third kappa shape index (κ3) is 3.72. The number of amides is 1. The van der Waals surface area contributed by atoms with Crippen molar-refractivity contribution in [1.82, 2.24) is 4.98 Å². The molecule has 9 heteroatoms. The Hall–Kier alpha value is -3.59. The fourth-order valence-electron chi connectivity index (χ4n) is 2.94. The average Bonchev–Trinajstić information content (AvgIpc) is 3.32. The third-order valence-corrected chi connectivity index (χ3v) is 5.21. The first-order valence-electron chi connectivity index (χ1n) is 8.93. The number of carboxylic acids is 1. The molecule has 0 radical (unpaired) electrons. The van der Waals surface area contributed by atoms with Crippen LogP contribution in [0, 0.1) is 0 Å². The number of nitrogens with one attached hydrogen (secondary N) is 1. The molecule has 4 rings (SSSR count). The number of aromatic nitrogens is 1. The second-order valence-corrected chi connectivity index (χ2v) is 7.22. The molecule has 0 saturated carbocycles. The summed E-state index contributed by atoms with van der Waals surface area (Å²) in [5.41, 5.74) is 5.39. The molecule has 1 amide bonds. The number of hydrazone groups is 2. The molecule has 0 spiro atoms. The van der Waals surface area contributed by atoms with Gasteiger partial charge in [-0.3, -0.25) is 10.2 Å². The number of aromatic carboxylic acids is 1. The Kier molecular flexibility index (Phi) is 5.05. The zero-order chi connectivity index (χ0) is 20.4. The maximum Gasteiger partial charge on any atom is 0.337 e. The summed E-state index contributed by atoms with van der Waals surface area (Å²) in [4.78, 5) is 28.7. The van der Waals surface area contributed by atoms with Crippen LogP contribution in [0.4, 0.5) is 10.8 Å². The van der Waals surface area contributed by atoms with Crippen molar-refractivity contribution in [3.8, 4) is 0 Å². The Morgan fingerprint density at radius 3 is 2.90 bits per heavy atom. The highest BCUT2D eigenvalue weighted by Crippen LogP contribution is 2.29. The van der Waals surface area contributed by atoms with Gasteiger partial charge in [0.15, 0.2) is 5.71 Å². The molecule has 0 atom stereocenters. The van der Waals surface area contributed by atoms with Crippen LogP contribution in [0.25, 0.3) is 5.57 Å². The number of carboxylic acid groups (broad SMARTS) is 1. The molecule has 2 aromatic rings. The number of nitrogens with zero attached hydrogens (tertiary/aromatic N) is 4. The van der Waals surface area contributed by atoms with Crippen LogP contribution in [0.15, 0.2) is 58.1 Å². The summed E-state index contributed by atoms with van der Waals surface area (Å²) in [6.07, 6.45) is 8.24. The predicted octanol–water partition coefficient (Wildman–Crippen LogP) is 3.77. The lowest BCUT2D eigenvalue weighted by molar-refractivity contribution is -0.112. The minimum atomic E-state index is -1.08. The quantitative estimate of drug-likeness (QED) is 0.734. The van der Waals surface area contributed by atoms with Crippen LogP contribution in [0.3, 0.4) is 0 Å². The van der Waals surface area contributed by atoms with Crippen LogP contribution >= 0.6 is 11.3 Å². The summed E-state index contributed by atoms with van der Waals surface area (Å²) >= 11 is 1.33. The molecule has 29 heavy (non-hydrogen) atoms. The molecule has 2 N–H and O–H groups in total. The molecule has 1 aliphatic heterocycles. The summed E-state index contributed by atoms with van der Waals surface area (Å²) in [6.45, 7) is 1.67. The zero-order valence-electron chi connectivity index (χ0n) is 15.5. The number of benzene rings is 1. The van der Waals surface area contributed by atoms with Gasteiger partial charge in [0.1, 0.15) is 0 Å². The van der Waals surface area contributed by atoms with Crippen molar-refractivity contribution in [3.05, 3.63) is 59.1 Å². The minimum Gasteiger partial charge on any atom is -0.478 e. The number of hydrogen-bond donors (Lipinski definition) is 2. The number of carbonyl (C=O) groups excluding carboxylic acids is 1. The minimum absolute atomic E-state index is 0.0621. The number of rotatable bonds is 5. The third-order valence-electron chi connectivity index (χ3n) is 4.40. The first kappa shape index (κ1) is 18.8. The monoisotopic (exact) mass is 407 g/mol. The van der Waals surface area contributed by atoms with Crippen molar-refractivity contribution < 1.29 is 14.7 Å². The van der Waals surface area contributed by atoms with Gasteiger partial charge in [-0.2, -0.15) is 15.2 Å². The number of hydrogen-bond acceptors (Lipinski definition) is 7. The summed E-state index contributed by atoms with van der Waals surface area (Å²) in [5.74, 6) is -1.50. The molecule has 8 nitrogen and oxygen atoms in total. The van der Waals surface area contributed by atoms with Crippen molar-refractivity contribution >= 4 is 51.0 Å². The number of allylic oxidation sites excluding steroid dienone is 4. The Morgan fingerprint density at radius 2 is 2.14 bits per heavy atom. The van der Waals surface area contributed by atoms with Crippen LogP contribution in [-0.4, -0.2) is 33.4 Å². The molecule has 0 fully saturated rings. The van der Waals surface area contributed by atoms with Gasteiger partial charge in [-0.1, -0.05) is 30.4 Å². The topological polar surface area (TPSA) is 107 Å². The van der Waals surface area contributed by atoms with E-state index in [0.29, 0.717) is 16.5 Å². The fraction of sp³-hybridized carbons (Fsp3) is 0.150. The first-order valence-corrected chi connectivity index (χ1v) is 9.81. The highest BCUT2D eigenvalue weighted by molar-refractivity contribution is 7.14. The molecule has 0 unspecified atom stereocenters. The maximum absolute atomic E-state index is 12.8. The van der Waals surface area contributed by atoms with Gasteiger partial charge in [0, 0.05) is 5.38 Å². The largest absolute Gasteiger partial charge is 0.478 e. The molecule has 1 aromatic carbocycles. The van der Waals surface area contributed by atoms with Gasteiger partial charge in [-0.15, -0.1) is 11.3 Å². The van der Waals surface area contributed by atoms with Crippen molar-refractivity contribution in [1.29, 1.82) is 0 Å². The van der Waals surface area contributed by atoms with Gasteiger partial charge < -0.3 is 5.11 Å². The number of anilines is 2. The lowest BCUT2D eigenvalue weighted by Gasteiger charge is -2.08. The van der Waals surface area contributed by atoms with E-state index in [4.69, 9.17) is 0 Å². The average molecular weight is 407 g/mol. The maximum atomic E-state index is 12.8. The van der Waals surface area contributed by atoms with E-state index in [2.05, 4.69) is 32.8 Å². The van der Waals surface area contributed by atoms with E-state index in [9.17, 15) is 14.7 Å². The lowest BCUT2D eigenvalue weighted by atomic mass is 10.1. The van der Waals surface area contributed by atoms with Gasteiger partial charge in [-0.25, -0.2) is 9.78 Å². The Labute approximate surface area is 170 Å². The number of para-hydroxylation sites is 1. The number of thiazole rings is 1. The van der Waals surface area contributed by atoms with Gasteiger partial charge in [0.05, 0.1) is 22.7 Å². The van der Waals surface area contributed by atoms with Crippen LogP contribution in [-0.2, 0) is 4.79 Å². The molecule has 0 bridgehead atoms. The molecule has 2 heterocycles. The summed E-state index contributed by atoms with van der Waals surface area (Å²) in [6, 6.07) is 6.34. The lowest BCUT2D eigenvalue weighted by Crippen LogP contribution is -2.28. The molecule has 146 valence electrons. The highest BCUT2D eigenvalue weighted by Gasteiger charge is 2.33. The SMILES string of the molecule is CC1=NN(c2nc(C3=CCCC=C3)cs2)C(=O)/C1=N/Nc1ccccc1C(=O)O. The normalized spacial score (nSPS) is 17.5. The van der Waals surface area contributed by atoms with E-state index in [1.807, 2.05) is 11.5 Å². The second kappa shape index (κ2) is 7.80. The highest BCUT2D eigenvalue weighted by atomic mass is 32.1. The van der Waals surface area contributed by atoms with Gasteiger partial charge in [0.2, 0.25) is 5.13 Å². The Morgan fingerprint density at radius 1 is 1.31 bits per heavy atom. The first-order chi connectivity index (χ1) is 14.0. The van der Waals surface area contributed by atoms with Crippen molar-refractivity contribution in [2.75, 3.05) is 10.4 Å². The summed E-state index contributed by atoms with van der Waals surface area (Å²) < 4.78 is 0. The van der Waals surface area contributed by atoms with E-state index in [-0.39, 0.29) is 11.3 Å². The van der Waals surface area contributed by atoms with Crippen LogP contribution in [0.2, 0.25) is 0 Å². The standard InChI is InChI=1S/C20H17N5O3S/c1-12-17(23-22-15-10-6-5-9-14(15)19(27)28)18(26)25(24-12)20-21-16(11-29-20)13-7-3-2-4-8-13/h3,5-11,22H,2,4H2,1H3,(H,27,28)/b23-17+. The Balaban J connectivity index is 1.55. The van der Waals surface area contributed by atoms with E-state index in [1.165, 1.54) is 22.4 Å². The van der Waals surface area contributed by atoms with Gasteiger partial charge in [0.25, 0.3) is 0 Å². The van der Waals surface area contributed by atoms with Crippen LogP contribution < -0.4 is 10.4 Å². The molecule has 0 saturated heterocycles. The predicted molar refractivity (Wildman–Crippen MR) is 114 cm³/mol. The van der Waals surface area contributed by atoms with Crippen molar-refractivity contribution in [3.63, 3.8) is 0 Å². The number of carbonyl (C=O) groups is 2. The zero-order valence-corrected chi connectivity index (χ0v) is 16.3. The molecule has 1 aromatic heterocycles. The van der Waals surface area contributed by atoms with E-state index < -0.39 is 11.9 Å². The van der Waals surface area contributed by atoms with E-state index in [1.54, 1.807) is 25.1 Å². The fourth-order valence-corrected chi connectivity index (χ4v) is 3.72. The Bertz CT molecular complexity index is 1110. The van der Waals surface area contributed by atoms with Crippen LogP contribution in [0.1, 0.15) is 35.8 Å². The molecule has 1 aliphatic carbocycles. The van der Waals surface area contributed by atoms with Crippen LogP contribution in [0.5, 0.6) is 0 Å². The van der Waals surface area contributed by atoms with Crippen molar-refractivity contribution in [2.45, 2.75) is 19.8 Å². The smallest absolute Gasteiger partial charge is 0.337 e. The molecular formula is C20H17N5O3S. The second-order valence-electron chi connectivity index (χ2n) is 6.38. The summed E-state index contributed by atoms with van der Waals surface area (Å²) in [7, 11) is 0. The van der Waals surface area contributed by atoms with E-state index in [0.717, 1.165) is 24.1 Å². The van der Waals surface area contributed by atoms with Gasteiger partial charge >= 0.3 is 11.9 Å². The van der Waals surface area contributed by atoms with E-state index >= 15 is 0 Å².